The lowest BCUT2D eigenvalue weighted by molar-refractivity contribution is 0.0938. The second-order valence-corrected chi connectivity index (χ2v) is 10.5. The number of aromatic nitrogens is 4. The zero-order valence-electron chi connectivity index (χ0n) is 22.8. The minimum atomic E-state index is -0.214. The number of carbonyl (C=O) groups excluding carboxylic acids is 1. The highest BCUT2D eigenvalue weighted by Crippen LogP contribution is 2.36. The molecule has 1 amide bonds. The third kappa shape index (κ3) is 5.97. The van der Waals surface area contributed by atoms with Crippen molar-refractivity contribution in [2.24, 2.45) is 7.05 Å². The average Bonchev–Trinajstić information content (AvgIpc) is 3.45. The SMILES string of the molecule is Cc1ccc(OCCN(C)C)cc1C(=O)N[C@H](C)c1cc(-c2cnn(C)c2)cc(-c2cnn(C3CC3)c2)c1. The van der Waals surface area contributed by atoms with Gasteiger partial charge in [0.15, 0.2) is 0 Å². The van der Waals surface area contributed by atoms with Gasteiger partial charge in [-0.05, 0) is 93.4 Å². The molecule has 0 unspecified atom stereocenters. The molecule has 8 heteroatoms. The number of hydrogen-bond acceptors (Lipinski definition) is 5. The highest BCUT2D eigenvalue weighted by Gasteiger charge is 2.24. The molecule has 0 spiro atoms. The Hall–Kier alpha value is -3.91. The lowest BCUT2D eigenvalue weighted by Crippen LogP contribution is -2.27. The fourth-order valence-corrected chi connectivity index (χ4v) is 4.47. The van der Waals surface area contributed by atoms with E-state index in [0.717, 1.165) is 39.9 Å². The van der Waals surface area contributed by atoms with Gasteiger partial charge in [-0.3, -0.25) is 14.2 Å². The van der Waals surface area contributed by atoms with E-state index in [1.54, 1.807) is 4.68 Å². The summed E-state index contributed by atoms with van der Waals surface area (Å²) in [5, 5.41) is 12.2. The number of nitrogens with zero attached hydrogens (tertiary/aromatic N) is 5. The molecule has 1 aliphatic rings. The largest absolute Gasteiger partial charge is 0.492 e. The first-order chi connectivity index (χ1) is 18.3. The Balaban J connectivity index is 1.40. The summed E-state index contributed by atoms with van der Waals surface area (Å²) in [6, 6.07) is 12.4. The zero-order chi connectivity index (χ0) is 26.8. The first-order valence-corrected chi connectivity index (χ1v) is 13.1. The van der Waals surface area contributed by atoms with E-state index < -0.39 is 0 Å². The molecule has 2 aromatic carbocycles. The molecule has 1 fully saturated rings. The highest BCUT2D eigenvalue weighted by atomic mass is 16.5. The summed E-state index contributed by atoms with van der Waals surface area (Å²) in [4.78, 5) is 15.4. The molecule has 2 aromatic heterocycles. The lowest BCUT2D eigenvalue weighted by atomic mass is 9.96. The zero-order valence-corrected chi connectivity index (χ0v) is 22.8. The van der Waals surface area contributed by atoms with Crippen molar-refractivity contribution in [1.82, 2.24) is 29.8 Å². The summed E-state index contributed by atoms with van der Waals surface area (Å²) >= 11 is 0. The third-order valence-corrected chi connectivity index (χ3v) is 6.96. The summed E-state index contributed by atoms with van der Waals surface area (Å²) < 4.78 is 9.73. The maximum atomic E-state index is 13.4. The van der Waals surface area contributed by atoms with E-state index in [1.165, 1.54) is 12.8 Å². The Morgan fingerprint density at radius 1 is 1.05 bits per heavy atom. The van der Waals surface area contributed by atoms with Crippen LogP contribution in [0.3, 0.4) is 0 Å². The Kier molecular flexibility index (Phi) is 7.33. The molecule has 0 saturated heterocycles. The first-order valence-electron chi connectivity index (χ1n) is 13.1. The molecule has 0 radical (unpaired) electrons. The van der Waals surface area contributed by atoms with Crippen molar-refractivity contribution in [3.8, 4) is 28.0 Å². The Morgan fingerprint density at radius 2 is 1.76 bits per heavy atom. The number of benzene rings is 2. The summed E-state index contributed by atoms with van der Waals surface area (Å²) in [6.07, 6.45) is 10.3. The van der Waals surface area contributed by atoms with E-state index in [9.17, 15) is 4.79 Å². The number of nitrogens with one attached hydrogen (secondary N) is 1. The van der Waals surface area contributed by atoms with E-state index in [-0.39, 0.29) is 11.9 Å². The van der Waals surface area contributed by atoms with E-state index >= 15 is 0 Å². The molecule has 5 rings (SSSR count). The van der Waals surface area contributed by atoms with Crippen LogP contribution < -0.4 is 10.1 Å². The first kappa shape index (κ1) is 25.7. The van der Waals surface area contributed by atoms with Gasteiger partial charge < -0.3 is 15.0 Å². The quantitative estimate of drug-likeness (QED) is 0.323. The molecule has 0 bridgehead atoms. The lowest BCUT2D eigenvalue weighted by Gasteiger charge is -2.18. The van der Waals surface area contributed by atoms with Gasteiger partial charge in [-0.2, -0.15) is 10.2 Å². The molecule has 8 nitrogen and oxygen atoms in total. The van der Waals surface area contributed by atoms with Gasteiger partial charge >= 0.3 is 0 Å². The van der Waals surface area contributed by atoms with Crippen molar-refractivity contribution in [3.05, 3.63) is 77.9 Å². The topological polar surface area (TPSA) is 77.2 Å². The number of carbonyl (C=O) groups is 1. The van der Waals surface area contributed by atoms with Crippen molar-refractivity contribution in [2.45, 2.75) is 38.8 Å². The molecule has 0 aliphatic heterocycles. The second-order valence-electron chi connectivity index (χ2n) is 10.5. The van der Waals surface area contributed by atoms with Gasteiger partial charge in [-0.1, -0.05) is 6.07 Å². The Morgan fingerprint density at radius 3 is 2.42 bits per heavy atom. The summed E-state index contributed by atoms with van der Waals surface area (Å²) in [6.45, 7) is 5.34. The van der Waals surface area contributed by atoms with Crippen LogP contribution in [0, 0.1) is 6.92 Å². The van der Waals surface area contributed by atoms with Crippen LogP contribution >= 0.6 is 0 Å². The highest BCUT2D eigenvalue weighted by molar-refractivity contribution is 5.96. The predicted octanol–water partition coefficient (Wildman–Crippen LogP) is 5.03. The number of ether oxygens (including phenoxy) is 1. The summed E-state index contributed by atoms with van der Waals surface area (Å²) in [5.41, 5.74) is 6.77. The van der Waals surface area contributed by atoms with E-state index in [4.69, 9.17) is 4.74 Å². The molecule has 1 aliphatic carbocycles. The van der Waals surface area contributed by atoms with Gasteiger partial charge in [-0.25, -0.2) is 0 Å². The Bertz CT molecular complexity index is 1430. The van der Waals surface area contributed by atoms with Crippen molar-refractivity contribution in [3.63, 3.8) is 0 Å². The van der Waals surface area contributed by atoms with Crippen LogP contribution in [0.4, 0.5) is 0 Å². The number of rotatable bonds is 10. The van der Waals surface area contributed by atoms with Crippen LogP contribution in [0.15, 0.2) is 61.2 Å². The number of hydrogen-bond donors (Lipinski definition) is 1. The van der Waals surface area contributed by atoms with Gasteiger partial charge in [0, 0.05) is 42.7 Å². The van der Waals surface area contributed by atoms with Crippen LogP contribution in [-0.2, 0) is 7.05 Å². The van der Waals surface area contributed by atoms with Crippen molar-refractivity contribution in [1.29, 1.82) is 0 Å². The van der Waals surface area contributed by atoms with Crippen LogP contribution in [0.1, 0.15) is 53.3 Å². The Labute approximate surface area is 224 Å². The molecule has 1 atom stereocenters. The molecular weight excluding hydrogens is 476 g/mol. The van der Waals surface area contributed by atoms with Gasteiger partial charge in [-0.15, -0.1) is 0 Å². The van der Waals surface area contributed by atoms with Crippen LogP contribution in [0.5, 0.6) is 5.75 Å². The fourth-order valence-electron chi connectivity index (χ4n) is 4.47. The minimum Gasteiger partial charge on any atom is -0.492 e. The van der Waals surface area contributed by atoms with Gasteiger partial charge in [0.25, 0.3) is 5.91 Å². The monoisotopic (exact) mass is 512 g/mol. The molecule has 1 N–H and O–H groups in total. The normalized spacial score (nSPS) is 14.1. The fraction of sp³-hybridized carbons (Fsp3) is 0.367. The number of likely N-dealkylation sites (N-methyl/N-ethyl adjacent to an activating group) is 1. The van der Waals surface area contributed by atoms with Crippen molar-refractivity contribution >= 4 is 5.91 Å². The molecule has 1 saturated carbocycles. The maximum Gasteiger partial charge on any atom is 0.252 e. The van der Waals surface area contributed by atoms with Gasteiger partial charge in [0.1, 0.15) is 12.4 Å². The van der Waals surface area contributed by atoms with E-state index in [2.05, 4.69) is 49.5 Å². The summed E-state index contributed by atoms with van der Waals surface area (Å²) in [7, 11) is 5.93. The molecule has 198 valence electrons. The average molecular weight is 513 g/mol. The minimum absolute atomic E-state index is 0.122. The standard InChI is InChI=1S/C30H36N6O2/c1-20-6-9-28(38-11-10-34(3)4)15-29(20)30(37)33-21(2)22-12-23(25-16-31-35(5)18-25)14-24(13-22)26-17-32-36(19-26)27-7-8-27/h6,9,12-19,21,27H,7-8,10-11H2,1-5H3,(H,33,37)/t21-/m1/s1. The number of aryl methyl sites for hydroxylation is 2. The number of amides is 1. The molecule has 38 heavy (non-hydrogen) atoms. The summed E-state index contributed by atoms with van der Waals surface area (Å²) in [5.74, 6) is 0.576. The molecule has 4 aromatic rings. The van der Waals surface area contributed by atoms with Crippen LogP contribution in [0.25, 0.3) is 22.3 Å². The van der Waals surface area contributed by atoms with Crippen molar-refractivity contribution in [2.75, 3.05) is 27.2 Å². The van der Waals surface area contributed by atoms with Gasteiger partial charge in [0.05, 0.1) is 24.5 Å². The maximum absolute atomic E-state index is 13.4. The molecule has 2 heterocycles. The van der Waals surface area contributed by atoms with Crippen LogP contribution in [0.2, 0.25) is 0 Å². The molecular formula is C30H36N6O2. The van der Waals surface area contributed by atoms with E-state index in [1.807, 2.05) is 71.8 Å². The van der Waals surface area contributed by atoms with E-state index in [0.29, 0.717) is 24.0 Å². The smallest absolute Gasteiger partial charge is 0.252 e. The van der Waals surface area contributed by atoms with Crippen LogP contribution in [-0.4, -0.2) is 57.6 Å². The predicted molar refractivity (Wildman–Crippen MR) is 149 cm³/mol. The van der Waals surface area contributed by atoms with Gasteiger partial charge in [0.2, 0.25) is 0 Å². The van der Waals surface area contributed by atoms with Crippen molar-refractivity contribution < 1.29 is 9.53 Å². The third-order valence-electron chi connectivity index (χ3n) is 6.96. The second kappa shape index (κ2) is 10.8.